The van der Waals surface area contributed by atoms with Crippen LogP contribution in [0.4, 0.5) is 0 Å². The van der Waals surface area contributed by atoms with Gasteiger partial charge in [-0.05, 0) is 38.0 Å². The number of aromatic nitrogens is 2. The Balaban J connectivity index is 1.63. The van der Waals surface area contributed by atoms with Gasteiger partial charge in [-0.15, -0.1) is 0 Å². The first-order valence-electron chi connectivity index (χ1n) is 9.12. The van der Waals surface area contributed by atoms with Gasteiger partial charge in [0.2, 0.25) is 5.91 Å². The Hall–Kier alpha value is -3.14. The Kier molecular flexibility index (Phi) is 5.87. The maximum atomic E-state index is 12.2. The van der Waals surface area contributed by atoms with Crippen LogP contribution < -0.4 is 5.32 Å². The molecule has 0 saturated heterocycles. The molecule has 3 rings (SSSR count). The molecule has 4 nitrogen and oxygen atoms in total. The molecule has 0 saturated carbocycles. The quantitative estimate of drug-likeness (QED) is 0.671. The number of benzene rings is 2. The van der Waals surface area contributed by atoms with E-state index in [0.717, 1.165) is 29.1 Å². The van der Waals surface area contributed by atoms with E-state index in [9.17, 15) is 4.79 Å². The molecule has 0 bridgehead atoms. The SMILES string of the molecule is Cc1cccc(/C=C/C(=O)NCc2c(C)nn(Cc3ccccc3)c2C)c1. The van der Waals surface area contributed by atoms with Crippen molar-refractivity contribution in [3.63, 3.8) is 0 Å². The standard InChI is InChI=1S/C23H25N3O/c1-17-8-7-11-20(14-17)12-13-23(27)24-15-22-18(2)25-26(19(22)3)16-21-9-5-4-6-10-21/h4-14H,15-16H2,1-3H3,(H,24,27)/b13-12+. The molecular formula is C23H25N3O. The van der Waals surface area contributed by atoms with Crippen LogP contribution in [0.25, 0.3) is 6.08 Å². The van der Waals surface area contributed by atoms with E-state index in [2.05, 4.69) is 22.5 Å². The lowest BCUT2D eigenvalue weighted by Crippen LogP contribution is -2.21. The van der Waals surface area contributed by atoms with Crippen LogP contribution in [0.5, 0.6) is 0 Å². The topological polar surface area (TPSA) is 46.9 Å². The minimum atomic E-state index is -0.105. The number of carbonyl (C=O) groups excluding carboxylic acids is 1. The molecule has 3 aromatic rings. The van der Waals surface area contributed by atoms with E-state index >= 15 is 0 Å². The molecule has 2 aromatic carbocycles. The maximum Gasteiger partial charge on any atom is 0.244 e. The fourth-order valence-electron chi connectivity index (χ4n) is 3.08. The molecule has 1 aromatic heterocycles. The number of nitrogens with one attached hydrogen (secondary N) is 1. The summed E-state index contributed by atoms with van der Waals surface area (Å²) in [5, 5.41) is 7.60. The van der Waals surface area contributed by atoms with Crippen molar-refractivity contribution in [1.29, 1.82) is 0 Å². The van der Waals surface area contributed by atoms with Crippen LogP contribution in [-0.2, 0) is 17.9 Å². The predicted octanol–water partition coefficient (Wildman–Crippen LogP) is 4.19. The summed E-state index contributed by atoms with van der Waals surface area (Å²) in [5.41, 5.74) is 6.51. The molecule has 138 valence electrons. The summed E-state index contributed by atoms with van der Waals surface area (Å²) in [6.45, 7) is 7.28. The summed E-state index contributed by atoms with van der Waals surface area (Å²) in [5.74, 6) is -0.105. The number of hydrogen-bond acceptors (Lipinski definition) is 2. The molecule has 27 heavy (non-hydrogen) atoms. The van der Waals surface area contributed by atoms with Crippen molar-refractivity contribution < 1.29 is 4.79 Å². The third kappa shape index (κ3) is 4.94. The molecule has 0 atom stereocenters. The van der Waals surface area contributed by atoms with E-state index in [4.69, 9.17) is 0 Å². The number of rotatable bonds is 6. The predicted molar refractivity (Wildman–Crippen MR) is 109 cm³/mol. The highest BCUT2D eigenvalue weighted by atomic mass is 16.1. The van der Waals surface area contributed by atoms with Crippen molar-refractivity contribution in [2.45, 2.75) is 33.9 Å². The first-order valence-corrected chi connectivity index (χ1v) is 9.12. The van der Waals surface area contributed by atoms with Gasteiger partial charge in [0.05, 0.1) is 12.2 Å². The van der Waals surface area contributed by atoms with Gasteiger partial charge in [-0.2, -0.15) is 5.10 Å². The second-order valence-electron chi connectivity index (χ2n) is 6.76. The van der Waals surface area contributed by atoms with E-state index in [1.54, 1.807) is 6.08 Å². The van der Waals surface area contributed by atoms with Gasteiger partial charge >= 0.3 is 0 Å². The lowest BCUT2D eigenvalue weighted by atomic mass is 10.1. The Bertz CT molecular complexity index is 955. The number of carbonyl (C=O) groups is 1. The molecule has 0 aliphatic rings. The third-order valence-corrected chi connectivity index (χ3v) is 4.62. The zero-order chi connectivity index (χ0) is 19.2. The number of hydrogen-bond donors (Lipinski definition) is 1. The van der Waals surface area contributed by atoms with Crippen molar-refractivity contribution in [2.24, 2.45) is 0 Å². The minimum Gasteiger partial charge on any atom is -0.348 e. The van der Waals surface area contributed by atoms with Gasteiger partial charge in [-0.1, -0.05) is 60.2 Å². The van der Waals surface area contributed by atoms with Crippen molar-refractivity contribution in [2.75, 3.05) is 0 Å². The van der Waals surface area contributed by atoms with Crippen LogP contribution >= 0.6 is 0 Å². The lowest BCUT2D eigenvalue weighted by Gasteiger charge is -2.06. The molecule has 1 amide bonds. The van der Waals surface area contributed by atoms with Gasteiger partial charge in [-0.25, -0.2) is 0 Å². The van der Waals surface area contributed by atoms with Gasteiger partial charge in [0.15, 0.2) is 0 Å². The zero-order valence-electron chi connectivity index (χ0n) is 16.1. The van der Waals surface area contributed by atoms with Crippen LogP contribution in [-0.4, -0.2) is 15.7 Å². The molecule has 1 N–H and O–H groups in total. The summed E-state index contributed by atoms with van der Waals surface area (Å²) >= 11 is 0. The molecule has 0 aliphatic heterocycles. The van der Waals surface area contributed by atoms with Crippen LogP contribution in [0.1, 0.15) is 33.6 Å². The summed E-state index contributed by atoms with van der Waals surface area (Å²) in [7, 11) is 0. The first-order chi connectivity index (χ1) is 13.0. The molecule has 4 heteroatoms. The fourth-order valence-corrected chi connectivity index (χ4v) is 3.08. The Morgan fingerprint density at radius 3 is 2.59 bits per heavy atom. The second kappa shape index (κ2) is 8.49. The molecule has 0 aliphatic carbocycles. The van der Waals surface area contributed by atoms with Crippen molar-refractivity contribution in [3.05, 3.63) is 94.3 Å². The van der Waals surface area contributed by atoms with Crippen molar-refractivity contribution in [3.8, 4) is 0 Å². The van der Waals surface area contributed by atoms with Gasteiger partial charge in [-0.3, -0.25) is 9.48 Å². The van der Waals surface area contributed by atoms with Gasteiger partial charge < -0.3 is 5.32 Å². The van der Waals surface area contributed by atoms with E-state index < -0.39 is 0 Å². The minimum absolute atomic E-state index is 0.105. The van der Waals surface area contributed by atoms with E-state index in [1.807, 2.05) is 74.0 Å². The fraction of sp³-hybridized carbons (Fsp3) is 0.217. The Labute approximate surface area is 160 Å². The number of nitrogens with zero attached hydrogens (tertiary/aromatic N) is 2. The maximum absolute atomic E-state index is 12.2. The average Bonchev–Trinajstić information content (AvgIpc) is 2.92. The van der Waals surface area contributed by atoms with Crippen molar-refractivity contribution in [1.82, 2.24) is 15.1 Å². The van der Waals surface area contributed by atoms with E-state index in [0.29, 0.717) is 6.54 Å². The summed E-state index contributed by atoms with van der Waals surface area (Å²) in [6.07, 6.45) is 3.41. The summed E-state index contributed by atoms with van der Waals surface area (Å²) < 4.78 is 1.99. The lowest BCUT2D eigenvalue weighted by molar-refractivity contribution is -0.116. The molecule has 0 radical (unpaired) electrons. The van der Waals surface area contributed by atoms with Crippen molar-refractivity contribution >= 4 is 12.0 Å². The van der Waals surface area contributed by atoms with E-state index in [-0.39, 0.29) is 5.91 Å². The van der Waals surface area contributed by atoms with Crippen LogP contribution in [0, 0.1) is 20.8 Å². The van der Waals surface area contributed by atoms with Crippen LogP contribution in [0.2, 0.25) is 0 Å². The summed E-state index contributed by atoms with van der Waals surface area (Å²) in [6, 6.07) is 18.3. The zero-order valence-corrected chi connectivity index (χ0v) is 16.1. The van der Waals surface area contributed by atoms with Gasteiger partial charge in [0.25, 0.3) is 0 Å². The smallest absolute Gasteiger partial charge is 0.244 e. The molecule has 0 spiro atoms. The summed E-state index contributed by atoms with van der Waals surface area (Å²) in [4.78, 5) is 12.2. The Morgan fingerprint density at radius 2 is 1.85 bits per heavy atom. The monoisotopic (exact) mass is 359 g/mol. The molecular weight excluding hydrogens is 334 g/mol. The number of amides is 1. The van der Waals surface area contributed by atoms with Gasteiger partial charge in [0, 0.05) is 23.9 Å². The van der Waals surface area contributed by atoms with E-state index in [1.165, 1.54) is 11.1 Å². The number of aryl methyl sites for hydroxylation is 2. The first kappa shape index (κ1) is 18.6. The van der Waals surface area contributed by atoms with Crippen LogP contribution in [0.3, 0.4) is 0 Å². The molecule has 0 fully saturated rings. The highest BCUT2D eigenvalue weighted by Crippen LogP contribution is 2.15. The highest BCUT2D eigenvalue weighted by molar-refractivity contribution is 5.91. The van der Waals surface area contributed by atoms with Crippen LogP contribution in [0.15, 0.2) is 60.7 Å². The Morgan fingerprint density at radius 1 is 1.07 bits per heavy atom. The average molecular weight is 359 g/mol. The third-order valence-electron chi connectivity index (χ3n) is 4.62. The highest BCUT2D eigenvalue weighted by Gasteiger charge is 2.12. The largest absolute Gasteiger partial charge is 0.348 e. The second-order valence-corrected chi connectivity index (χ2v) is 6.76. The normalized spacial score (nSPS) is 11.1. The molecule has 1 heterocycles. The van der Waals surface area contributed by atoms with Gasteiger partial charge in [0.1, 0.15) is 0 Å². The molecule has 0 unspecified atom stereocenters.